The average Bonchev–Trinajstić information content (AvgIpc) is 3.08. The van der Waals surface area contributed by atoms with Crippen LogP contribution in [0.25, 0.3) is 6.08 Å². The van der Waals surface area contributed by atoms with Crippen LogP contribution in [0, 0.1) is 0 Å². The molecule has 19 heteroatoms. The summed E-state index contributed by atoms with van der Waals surface area (Å²) in [6.45, 7) is -1.43. The average molecular weight is 713 g/mol. The first-order chi connectivity index (χ1) is 23.7. The van der Waals surface area contributed by atoms with E-state index in [2.05, 4.69) is 0 Å². The number of carbonyl (C=O) groups is 2. The van der Waals surface area contributed by atoms with Crippen molar-refractivity contribution >= 4 is 18.0 Å². The van der Waals surface area contributed by atoms with Gasteiger partial charge in [-0.1, -0.05) is 6.07 Å². The maximum absolute atomic E-state index is 12.0. The Labute approximate surface area is 281 Å². The number of phenolic OH excluding ortho intramolecular Hbond substituents is 3. The van der Waals surface area contributed by atoms with Gasteiger partial charge in [-0.05, 0) is 18.2 Å². The van der Waals surface area contributed by atoms with E-state index in [4.69, 9.17) is 33.5 Å². The molecule has 50 heavy (non-hydrogen) atoms. The summed E-state index contributed by atoms with van der Waals surface area (Å²) < 4.78 is 33.9. The minimum Gasteiger partial charge on any atom is -0.508 e. The third-order valence-electron chi connectivity index (χ3n) is 8.14. The number of carboxylic acid groups (broad SMARTS) is 1. The van der Waals surface area contributed by atoms with Gasteiger partial charge in [0.2, 0.25) is 12.6 Å². The molecule has 0 aliphatic carbocycles. The van der Waals surface area contributed by atoms with Crippen LogP contribution in [0.3, 0.4) is 0 Å². The molecule has 2 aromatic carbocycles. The number of carbonyl (C=O) groups excluding carboxylic acids is 1. The standard InChI is InChI=1S/C31H36O19/c32-9-19-23(39)25(41)27(43)30(49-19)47-17-7-12(33)6-16-13(17)8-18(29(46-16)11-1-2-14(34)15(35)5-11)48-31-28(44)26(42)24(40)20(50-31)10-45-22(38)4-3-21(36)37/h1-2,5-8,19-20,23-35,39-44H,3-4,9-10H2,(H,36,37)/t19-,20+,23+,24+,25-,26-,27+,28+,29?,30+,31+/m0/s1. The monoisotopic (exact) mass is 712 g/mol. The molecule has 2 saturated heterocycles. The Morgan fingerprint density at radius 1 is 0.740 bits per heavy atom. The fourth-order valence-corrected chi connectivity index (χ4v) is 5.39. The number of ether oxygens (including phenoxy) is 6. The van der Waals surface area contributed by atoms with Crippen LogP contribution in [0.4, 0.5) is 0 Å². The van der Waals surface area contributed by atoms with Crippen LogP contribution in [-0.4, -0.2) is 143 Å². The van der Waals surface area contributed by atoms with E-state index < -0.39 is 123 Å². The summed E-state index contributed by atoms with van der Waals surface area (Å²) >= 11 is 0. The van der Waals surface area contributed by atoms with Crippen molar-refractivity contribution in [1.82, 2.24) is 0 Å². The maximum Gasteiger partial charge on any atom is 0.306 e. The van der Waals surface area contributed by atoms with Crippen LogP contribution in [-0.2, 0) is 28.5 Å². The first kappa shape index (κ1) is 36.8. The minimum atomic E-state index is -1.93. The molecule has 3 heterocycles. The summed E-state index contributed by atoms with van der Waals surface area (Å²) in [5.74, 6) is -4.20. The lowest BCUT2D eigenvalue weighted by Gasteiger charge is -2.41. The van der Waals surface area contributed by atoms with Crippen molar-refractivity contribution in [2.75, 3.05) is 13.2 Å². The molecule has 5 rings (SSSR count). The number of hydrogen-bond acceptors (Lipinski definition) is 18. The van der Waals surface area contributed by atoms with Crippen molar-refractivity contribution in [3.05, 3.63) is 47.2 Å². The molecule has 3 aliphatic heterocycles. The third kappa shape index (κ3) is 7.80. The van der Waals surface area contributed by atoms with Gasteiger partial charge in [-0.2, -0.15) is 0 Å². The Morgan fingerprint density at radius 2 is 1.38 bits per heavy atom. The normalized spacial score (nSPS) is 32.2. The molecule has 3 aliphatic rings. The number of aromatic hydroxyl groups is 3. The molecule has 2 aromatic rings. The highest BCUT2D eigenvalue weighted by Gasteiger charge is 2.48. The maximum atomic E-state index is 12.0. The van der Waals surface area contributed by atoms with Crippen LogP contribution in [0.5, 0.6) is 28.7 Å². The molecule has 2 fully saturated rings. The fraction of sp³-hybridized carbons (Fsp3) is 0.484. The highest BCUT2D eigenvalue weighted by atomic mass is 16.7. The molecule has 0 radical (unpaired) electrons. The molecule has 1 unspecified atom stereocenters. The Bertz CT molecular complexity index is 1580. The molecule has 11 N–H and O–H groups in total. The van der Waals surface area contributed by atoms with Gasteiger partial charge in [0.15, 0.2) is 17.6 Å². The van der Waals surface area contributed by atoms with E-state index in [1.54, 1.807) is 0 Å². The van der Waals surface area contributed by atoms with Crippen LogP contribution >= 0.6 is 0 Å². The number of rotatable bonds is 11. The zero-order valence-electron chi connectivity index (χ0n) is 25.8. The van der Waals surface area contributed by atoms with Gasteiger partial charge in [-0.3, -0.25) is 9.59 Å². The van der Waals surface area contributed by atoms with E-state index in [0.29, 0.717) is 0 Å². The zero-order valence-corrected chi connectivity index (χ0v) is 25.8. The van der Waals surface area contributed by atoms with E-state index >= 15 is 0 Å². The Morgan fingerprint density at radius 3 is 2.02 bits per heavy atom. The number of carboxylic acids is 1. The molecule has 0 bridgehead atoms. The second-order valence-electron chi connectivity index (χ2n) is 11.7. The summed E-state index contributed by atoms with van der Waals surface area (Å²) in [6.07, 6.45) is -18.3. The van der Waals surface area contributed by atoms with Crippen LogP contribution in [0.15, 0.2) is 36.1 Å². The summed E-state index contributed by atoms with van der Waals surface area (Å²) in [6, 6.07) is 5.83. The molecule has 0 spiro atoms. The number of phenols is 3. The minimum absolute atomic E-state index is 0.00352. The van der Waals surface area contributed by atoms with E-state index in [1.807, 2.05) is 0 Å². The zero-order chi connectivity index (χ0) is 36.4. The van der Waals surface area contributed by atoms with E-state index in [9.17, 15) is 60.7 Å². The van der Waals surface area contributed by atoms with E-state index in [0.717, 1.165) is 24.3 Å². The second kappa shape index (κ2) is 15.2. The number of esters is 1. The largest absolute Gasteiger partial charge is 0.508 e. The van der Waals surface area contributed by atoms with Crippen molar-refractivity contribution in [2.24, 2.45) is 0 Å². The first-order valence-corrected chi connectivity index (χ1v) is 15.2. The predicted molar refractivity (Wildman–Crippen MR) is 159 cm³/mol. The summed E-state index contributed by atoms with van der Waals surface area (Å²) in [7, 11) is 0. The first-order valence-electron chi connectivity index (χ1n) is 15.2. The summed E-state index contributed by atoms with van der Waals surface area (Å²) in [5.41, 5.74) is 0.149. The van der Waals surface area contributed by atoms with Crippen molar-refractivity contribution in [3.63, 3.8) is 0 Å². The molecule has 19 nitrogen and oxygen atoms in total. The van der Waals surface area contributed by atoms with Crippen molar-refractivity contribution in [3.8, 4) is 28.7 Å². The smallest absolute Gasteiger partial charge is 0.306 e. The van der Waals surface area contributed by atoms with Gasteiger partial charge >= 0.3 is 11.9 Å². The SMILES string of the molecule is O=C(O)CCC(=O)OC[C@H]1O[C@@H](OC2=Cc3c(cc(O)cc3O[C@@H]3O[C@@H](CO)[C@@H](O)[C@H](O)[C@H]3O)OC2c2ccc(O)c(O)c2)[C@H](O)[C@@H](O)[C@@H]1O. The lowest BCUT2D eigenvalue weighted by atomic mass is 9.98. The molecule has 0 saturated carbocycles. The second-order valence-corrected chi connectivity index (χ2v) is 11.7. The van der Waals surface area contributed by atoms with Gasteiger partial charge < -0.3 is 84.6 Å². The van der Waals surface area contributed by atoms with Gasteiger partial charge in [-0.25, -0.2) is 0 Å². The number of aliphatic hydroxyl groups excluding tert-OH is 7. The lowest BCUT2D eigenvalue weighted by molar-refractivity contribution is -0.294. The molecule has 274 valence electrons. The molecule has 0 aromatic heterocycles. The van der Waals surface area contributed by atoms with Crippen molar-refractivity contribution < 1.29 is 94.2 Å². The Balaban J connectivity index is 1.47. The Hall–Kier alpha value is -4.44. The summed E-state index contributed by atoms with van der Waals surface area (Å²) in [5, 5.41) is 112. The molecular weight excluding hydrogens is 676 g/mol. The Kier molecular flexibility index (Phi) is 11.2. The molecular formula is C31H36O19. The molecule has 11 atom stereocenters. The van der Waals surface area contributed by atoms with Gasteiger partial charge in [0.05, 0.1) is 25.0 Å². The van der Waals surface area contributed by atoms with Crippen molar-refractivity contribution in [1.29, 1.82) is 0 Å². The van der Waals surface area contributed by atoms with Gasteiger partial charge in [0, 0.05) is 17.7 Å². The summed E-state index contributed by atoms with van der Waals surface area (Å²) in [4.78, 5) is 22.7. The number of benzene rings is 2. The fourth-order valence-electron chi connectivity index (χ4n) is 5.39. The van der Waals surface area contributed by atoms with Crippen LogP contribution < -0.4 is 9.47 Å². The van der Waals surface area contributed by atoms with E-state index in [1.165, 1.54) is 12.1 Å². The molecule has 0 amide bonds. The topological polar surface area (TPSA) is 312 Å². The van der Waals surface area contributed by atoms with E-state index in [-0.39, 0.29) is 28.4 Å². The highest BCUT2D eigenvalue weighted by Crippen LogP contribution is 2.46. The number of hydrogen-bond donors (Lipinski definition) is 11. The van der Waals surface area contributed by atoms with Gasteiger partial charge in [-0.15, -0.1) is 0 Å². The van der Waals surface area contributed by atoms with Crippen LogP contribution in [0.1, 0.15) is 30.1 Å². The number of aliphatic hydroxyl groups is 7. The number of aliphatic carboxylic acids is 1. The lowest BCUT2D eigenvalue weighted by Crippen LogP contribution is -2.60. The quantitative estimate of drug-likeness (QED) is 0.0861. The predicted octanol–water partition coefficient (Wildman–Crippen LogP) is -2.31. The van der Waals surface area contributed by atoms with Gasteiger partial charge in [0.25, 0.3) is 0 Å². The number of fused-ring (bicyclic) bond motifs is 1. The third-order valence-corrected chi connectivity index (χ3v) is 8.14. The van der Waals surface area contributed by atoms with Crippen molar-refractivity contribution in [2.45, 2.75) is 80.4 Å². The highest BCUT2D eigenvalue weighted by molar-refractivity contribution is 5.76. The van der Waals surface area contributed by atoms with Gasteiger partial charge in [0.1, 0.15) is 78.4 Å². The van der Waals surface area contributed by atoms with Crippen LogP contribution in [0.2, 0.25) is 0 Å².